The van der Waals surface area contributed by atoms with Gasteiger partial charge in [0.1, 0.15) is 0 Å². The molecule has 1 fully saturated rings. The zero-order valence-electron chi connectivity index (χ0n) is 12.3. The minimum Gasteiger partial charge on any atom is -0.317 e. The highest BCUT2D eigenvalue weighted by molar-refractivity contribution is 6.33. The molecule has 3 heteroatoms. The fraction of sp³-hybridized carbons (Fsp3) is 0.647. The zero-order valence-corrected chi connectivity index (χ0v) is 13.8. The summed E-state index contributed by atoms with van der Waals surface area (Å²) >= 11 is 12.4. The first kappa shape index (κ1) is 16.1. The second kappa shape index (κ2) is 8.26. The monoisotopic (exact) mass is 313 g/mol. The van der Waals surface area contributed by atoms with Crippen molar-refractivity contribution < 1.29 is 0 Å². The van der Waals surface area contributed by atoms with Crippen LogP contribution in [0, 0.1) is 5.92 Å². The van der Waals surface area contributed by atoms with E-state index >= 15 is 0 Å². The van der Waals surface area contributed by atoms with Gasteiger partial charge in [-0.25, -0.2) is 0 Å². The van der Waals surface area contributed by atoms with E-state index in [9.17, 15) is 0 Å². The Bertz CT molecular complexity index is 411. The maximum Gasteiger partial charge on any atom is 0.0439 e. The number of nitrogens with one attached hydrogen (secondary N) is 1. The smallest absolute Gasteiger partial charge is 0.0439 e. The SMILES string of the molecule is CNC(Cc1cc(Cl)ccc1Cl)CC1CCCCCC1. The molecule has 0 radical (unpaired) electrons. The maximum atomic E-state index is 6.28. The lowest BCUT2D eigenvalue weighted by atomic mass is 9.90. The van der Waals surface area contributed by atoms with Crippen LogP contribution >= 0.6 is 23.2 Å². The van der Waals surface area contributed by atoms with Crippen molar-refractivity contribution in [1.29, 1.82) is 0 Å². The van der Waals surface area contributed by atoms with E-state index in [1.165, 1.54) is 44.9 Å². The molecule has 0 aromatic heterocycles. The first-order valence-electron chi connectivity index (χ1n) is 7.80. The molecule has 1 saturated carbocycles. The molecule has 0 aliphatic heterocycles. The predicted molar refractivity (Wildman–Crippen MR) is 88.8 cm³/mol. The summed E-state index contributed by atoms with van der Waals surface area (Å²) in [6, 6.07) is 6.25. The lowest BCUT2D eigenvalue weighted by Gasteiger charge is -2.23. The molecule has 0 saturated heterocycles. The Hall–Kier alpha value is -0.240. The van der Waals surface area contributed by atoms with Crippen LogP contribution in [0.4, 0.5) is 0 Å². The van der Waals surface area contributed by atoms with Crippen LogP contribution in [0.25, 0.3) is 0 Å². The van der Waals surface area contributed by atoms with Crippen LogP contribution in [-0.4, -0.2) is 13.1 Å². The van der Waals surface area contributed by atoms with Crippen molar-refractivity contribution in [2.75, 3.05) is 7.05 Å². The molecule has 1 N–H and O–H groups in total. The Morgan fingerprint density at radius 1 is 1.15 bits per heavy atom. The highest BCUT2D eigenvalue weighted by Crippen LogP contribution is 2.28. The summed E-state index contributed by atoms with van der Waals surface area (Å²) < 4.78 is 0. The molecule has 1 aliphatic carbocycles. The third-order valence-electron chi connectivity index (χ3n) is 4.47. The van der Waals surface area contributed by atoms with Crippen LogP contribution in [0.15, 0.2) is 18.2 Å². The van der Waals surface area contributed by atoms with Crippen LogP contribution in [0.2, 0.25) is 10.0 Å². The fourth-order valence-electron chi connectivity index (χ4n) is 3.27. The van der Waals surface area contributed by atoms with Gasteiger partial charge in [0, 0.05) is 16.1 Å². The number of hydrogen-bond donors (Lipinski definition) is 1. The van der Waals surface area contributed by atoms with E-state index < -0.39 is 0 Å². The second-order valence-electron chi connectivity index (χ2n) is 6.02. The van der Waals surface area contributed by atoms with Crippen molar-refractivity contribution in [3.8, 4) is 0 Å². The number of rotatable bonds is 5. The van der Waals surface area contributed by atoms with E-state index in [0.29, 0.717) is 6.04 Å². The molecule has 2 rings (SSSR count). The van der Waals surface area contributed by atoms with E-state index in [2.05, 4.69) is 12.4 Å². The van der Waals surface area contributed by atoms with E-state index in [4.69, 9.17) is 23.2 Å². The van der Waals surface area contributed by atoms with Gasteiger partial charge < -0.3 is 5.32 Å². The predicted octanol–water partition coefficient (Wildman–Crippen LogP) is 5.48. The Kier molecular flexibility index (Phi) is 6.67. The molecular formula is C17H25Cl2N. The lowest BCUT2D eigenvalue weighted by Crippen LogP contribution is -2.30. The van der Waals surface area contributed by atoms with Crippen molar-refractivity contribution in [1.82, 2.24) is 5.32 Å². The average molecular weight is 314 g/mol. The Balaban J connectivity index is 1.95. The molecule has 0 spiro atoms. The fourth-order valence-corrected chi connectivity index (χ4v) is 3.66. The summed E-state index contributed by atoms with van der Waals surface area (Å²) in [5, 5.41) is 5.06. The molecule has 20 heavy (non-hydrogen) atoms. The van der Waals surface area contributed by atoms with Crippen LogP contribution in [0.3, 0.4) is 0 Å². The van der Waals surface area contributed by atoms with Crippen molar-refractivity contribution in [2.24, 2.45) is 5.92 Å². The van der Waals surface area contributed by atoms with Gasteiger partial charge in [-0.1, -0.05) is 61.7 Å². The topological polar surface area (TPSA) is 12.0 Å². The molecule has 1 aromatic rings. The highest BCUT2D eigenvalue weighted by Gasteiger charge is 2.18. The molecule has 1 aromatic carbocycles. The van der Waals surface area contributed by atoms with Crippen LogP contribution in [0.5, 0.6) is 0 Å². The molecular weight excluding hydrogens is 289 g/mol. The molecule has 1 nitrogen and oxygen atoms in total. The Morgan fingerprint density at radius 3 is 2.50 bits per heavy atom. The number of benzene rings is 1. The first-order chi connectivity index (χ1) is 9.69. The van der Waals surface area contributed by atoms with E-state index in [1.807, 2.05) is 18.2 Å². The quantitative estimate of drug-likeness (QED) is 0.709. The molecule has 112 valence electrons. The van der Waals surface area contributed by atoms with Gasteiger partial charge in [0.15, 0.2) is 0 Å². The summed E-state index contributed by atoms with van der Waals surface area (Å²) in [5.74, 6) is 0.868. The van der Waals surface area contributed by atoms with Gasteiger partial charge in [0.2, 0.25) is 0 Å². The van der Waals surface area contributed by atoms with Crippen molar-refractivity contribution >= 4 is 23.2 Å². The van der Waals surface area contributed by atoms with Gasteiger partial charge in [-0.2, -0.15) is 0 Å². The largest absolute Gasteiger partial charge is 0.317 e. The molecule has 1 aliphatic rings. The van der Waals surface area contributed by atoms with Crippen molar-refractivity contribution in [3.05, 3.63) is 33.8 Å². The lowest BCUT2D eigenvalue weighted by molar-refractivity contribution is 0.361. The zero-order chi connectivity index (χ0) is 14.4. The van der Waals surface area contributed by atoms with Crippen molar-refractivity contribution in [2.45, 2.75) is 57.4 Å². The van der Waals surface area contributed by atoms with E-state index in [-0.39, 0.29) is 0 Å². The summed E-state index contributed by atoms with van der Waals surface area (Å²) in [7, 11) is 2.06. The number of halogens is 2. The highest BCUT2D eigenvalue weighted by atomic mass is 35.5. The van der Waals surface area contributed by atoms with Crippen molar-refractivity contribution in [3.63, 3.8) is 0 Å². The minimum absolute atomic E-state index is 0.495. The van der Waals surface area contributed by atoms with Gasteiger partial charge in [0.05, 0.1) is 0 Å². The summed E-state index contributed by atoms with van der Waals surface area (Å²) in [6.07, 6.45) is 10.6. The molecule has 0 heterocycles. The normalized spacial score (nSPS) is 18.8. The number of likely N-dealkylation sites (N-methyl/N-ethyl adjacent to an activating group) is 1. The first-order valence-corrected chi connectivity index (χ1v) is 8.56. The van der Waals surface area contributed by atoms with Gasteiger partial charge in [-0.3, -0.25) is 0 Å². The van der Waals surface area contributed by atoms with E-state index in [1.54, 1.807) is 0 Å². The standard InChI is InChI=1S/C17H25Cl2N/c1-20-16(10-13-6-4-2-3-5-7-13)12-14-11-15(18)8-9-17(14)19/h8-9,11,13,16,20H,2-7,10,12H2,1H3. The average Bonchev–Trinajstić information content (AvgIpc) is 2.70. The Labute approximate surface area is 133 Å². The molecule has 0 bridgehead atoms. The molecule has 1 atom stereocenters. The van der Waals surface area contributed by atoms with Crippen LogP contribution in [-0.2, 0) is 6.42 Å². The van der Waals surface area contributed by atoms with Gasteiger partial charge in [0.25, 0.3) is 0 Å². The third kappa shape index (κ3) is 4.95. The summed E-state index contributed by atoms with van der Waals surface area (Å²) in [4.78, 5) is 0. The summed E-state index contributed by atoms with van der Waals surface area (Å²) in [6.45, 7) is 0. The molecule has 1 unspecified atom stereocenters. The molecule has 0 amide bonds. The second-order valence-corrected chi connectivity index (χ2v) is 6.86. The Morgan fingerprint density at radius 2 is 1.85 bits per heavy atom. The minimum atomic E-state index is 0.495. The maximum absolute atomic E-state index is 6.28. The number of hydrogen-bond acceptors (Lipinski definition) is 1. The van der Waals surface area contributed by atoms with Gasteiger partial charge in [-0.05, 0) is 49.6 Å². The summed E-state index contributed by atoms with van der Waals surface area (Å²) in [5.41, 5.74) is 1.16. The van der Waals surface area contributed by atoms with E-state index in [0.717, 1.165) is 27.9 Å². The third-order valence-corrected chi connectivity index (χ3v) is 5.08. The van der Waals surface area contributed by atoms with Gasteiger partial charge >= 0.3 is 0 Å². The van der Waals surface area contributed by atoms with Crippen LogP contribution < -0.4 is 5.32 Å². The van der Waals surface area contributed by atoms with Crippen LogP contribution in [0.1, 0.15) is 50.5 Å². The van der Waals surface area contributed by atoms with Gasteiger partial charge in [-0.15, -0.1) is 0 Å².